The molecule has 0 aromatic heterocycles. The fourth-order valence-electron chi connectivity index (χ4n) is 1.70. The molecule has 0 heterocycles. The average Bonchev–Trinajstić information content (AvgIpc) is 2.44. The van der Waals surface area contributed by atoms with Crippen LogP contribution in [0.5, 0.6) is 11.5 Å². The van der Waals surface area contributed by atoms with Gasteiger partial charge in [-0.25, -0.2) is 0 Å². The Morgan fingerprint density at radius 3 is 2.32 bits per heavy atom. The van der Waals surface area contributed by atoms with Crippen LogP contribution in [-0.4, -0.2) is 13.2 Å². The maximum absolute atomic E-state index is 5.77. The summed E-state index contributed by atoms with van der Waals surface area (Å²) in [4.78, 5) is 0. The van der Waals surface area contributed by atoms with Crippen molar-refractivity contribution in [1.82, 2.24) is 0 Å². The van der Waals surface area contributed by atoms with Gasteiger partial charge in [-0.15, -0.1) is 11.8 Å². The van der Waals surface area contributed by atoms with Crippen LogP contribution in [0.25, 0.3) is 0 Å². The van der Waals surface area contributed by atoms with Gasteiger partial charge in [0.2, 0.25) is 0 Å². The van der Waals surface area contributed by atoms with Crippen LogP contribution in [-0.2, 0) is 6.42 Å². The van der Waals surface area contributed by atoms with Crippen molar-refractivity contribution in [2.45, 2.75) is 46.5 Å². The second-order valence-corrected chi connectivity index (χ2v) is 4.40. The molecule has 2 nitrogen and oxygen atoms in total. The molecule has 0 saturated carbocycles. The molecule has 1 rings (SSSR count). The lowest BCUT2D eigenvalue weighted by molar-refractivity contribution is 0.268. The van der Waals surface area contributed by atoms with Gasteiger partial charge in [-0.2, -0.15) is 0 Å². The number of hydrogen-bond acceptors (Lipinski definition) is 2. The van der Waals surface area contributed by atoms with Crippen molar-refractivity contribution < 1.29 is 9.47 Å². The summed E-state index contributed by atoms with van der Waals surface area (Å²) in [6.07, 6.45) is 3.84. The van der Waals surface area contributed by atoms with Crippen LogP contribution in [0.4, 0.5) is 0 Å². The summed E-state index contributed by atoms with van der Waals surface area (Å²) in [5.74, 6) is 7.71. The lowest BCUT2D eigenvalue weighted by atomic mass is 10.1. The predicted molar refractivity (Wildman–Crippen MR) is 79.8 cm³/mol. The van der Waals surface area contributed by atoms with Crippen LogP contribution in [0, 0.1) is 11.8 Å². The maximum atomic E-state index is 5.77. The number of aryl methyl sites for hydroxylation is 1. The Labute approximate surface area is 117 Å². The van der Waals surface area contributed by atoms with Gasteiger partial charge in [-0.1, -0.05) is 19.9 Å². The van der Waals surface area contributed by atoms with Crippen LogP contribution in [0.15, 0.2) is 18.2 Å². The van der Waals surface area contributed by atoms with Crippen molar-refractivity contribution in [2.75, 3.05) is 13.2 Å². The van der Waals surface area contributed by atoms with E-state index in [2.05, 4.69) is 37.8 Å². The first kappa shape index (κ1) is 15.4. The first-order valence-corrected chi connectivity index (χ1v) is 7.09. The smallest absolute Gasteiger partial charge is 0.161 e. The van der Waals surface area contributed by atoms with Gasteiger partial charge in [0.1, 0.15) is 0 Å². The lowest BCUT2D eigenvalue weighted by Gasteiger charge is -2.13. The van der Waals surface area contributed by atoms with Gasteiger partial charge in [0.05, 0.1) is 13.2 Å². The Morgan fingerprint density at radius 2 is 1.68 bits per heavy atom. The molecule has 0 fully saturated rings. The minimum atomic E-state index is 0.723. The van der Waals surface area contributed by atoms with Gasteiger partial charge in [-0.05, 0) is 43.9 Å². The Hall–Kier alpha value is -1.62. The fraction of sp³-hybridized carbons (Fsp3) is 0.529. The zero-order chi connectivity index (χ0) is 13.9. The molecular formula is C17H24O2. The molecule has 0 atom stereocenters. The second kappa shape index (κ2) is 9.33. The van der Waals surface area contributed by atoms with E-state index in [1.807, 2.05) is 13.0 Å². The van der Waals surface area contributed by atoms with E-state index < -0.39 is 0 Å². The molecule has 0 N–H and O–H groups in total. The zero-order valence-corrected chi connectivity index (χ0v) is 12.3. The molecule has 1 aromatic rings. The van der Waals surface area contributed by atoms with Crippen LogP contribution in [0.1, 0.15) is 45.6 Å². The average molecular weight is 260 g/mol. The summed E-state index contributed by atoms with van der Waals surface area (Å²) in [6.45, 7) is 7.53. The van der Waals surface area contributed by atoms with Crippen molar-refractivity contribution in [1.29, 1.82) is 0 Å². The molecule has 0 spiro atoms. The minimum absolute atomic E-state index is 0.723. The third-order valence-corrected chi connectivity index (χ3v) is 2.65. The van der Waals surface area contributed by atoms with E-state index in [0.717, 1.165) is 50.4 Å². The summed E-state index contributed by atoms with van der Waals surface area (Å²) in [6, 6.07) is 6.19. The maximum Gasteiger partial charge on any atom is 0.161 e. The number of ether oxygens (including phenoxy) is 2. The molecule has 0 aliphatic carbocycles. The van der Waals surface area contributed by atoms with Crippen LogP contribution in [0.3, 0.4) is 0 Å². The Bertz CT molecular complexity index is 427. The molecule has 0 bridgehead atoms. The zero-order valence-electron chi connectivity index (χ0n) is 12.3. The van der Waals surface area contributed by atoms with E-state index in [4.69, 9.17) is 9.47 Å². The highest BCUT2D eigenvalue weighted by molar-refractivity contribution is 5.43. The summed E-state index contributed by atoms with van der Waals surface area (Å²) < 4.78 is 11.5. The van der Waals surface area contributed by atoms with E-state index in [-0.39, 0.29) is 0 Å². The third-order valence-electron chi connectivity index (χ3n) is 2.65. The highest BCUT2D eigenvalue weighted by Gasteiger charge is 2.06. The van der Waals surface area contributed by atoms with Crippen molar-refractivity contribution in [3.63, 3.8) is 0 Å². The second-order valence-electron chi connectivity index (χ2n) is 4.40. The van der Waals surface area contributed by atoms with Gasteiger partial charge >= 0.3 is 0 Å². The monoisotopic (exact) mass is 260 g/mol. The van der Waals surface area contributed by atoms with E-state index in [9.17, 15) is 0 Å². The van der Waals surface area contributed by atoms with Gasteiger partial charge in [0, 0.05) is 6.42 Å². The summed E-state index contributed by atoms with van der Waals surface area (Å²) >= 11 is 0. The molecule has 0 amide bonds. The van der Waals surface area contributed by atoms with Crippen LogP contribution < -0.4 is 9.47 Å². The standard InChI is InChI=1S/C17H24O2/c1-4-7-8-9-15-10-11-16(18-12-5-2)17(14-15)19-13-6-3/h10-11,14H,5-6,8-9,12-13H2,1-3H3. The van der Waals surface area contributed by atoms with Crippen molar-refractivity contribution in [3.05, 3.63) is 23.8 Å². The number of benzene rings is 1. The SMILES string of the molecule is CC#CCCc1ccc(OCCC)c(OCCC)c1. The predicted octanol–water partition coefficient (Wildman–Crippen LogP) is 4.22. The molecule has 0 aliphatic heterocycles. The fourth-order valence-corrected chi connectivity index (χ4v) is 1.70. The summed E-state index contributed by atoms with van der Waals surface area (Å²) in [5.41, 5.74) is 1.25. The largest absolute Gasteiger partial charge is 0.490 e. The van der Waals surface area contributed by atoms with Gasteiger partial charge < -0.3 is 9.47 Å². The summed E-state index contributed by atoms with van der Waals surface area (Å²) in [7, 11) is 0. The van der Waals surface area contributed by atoms with Crippen molar-refractivity contribution in [2.24, 2.45) is 0 Å². The van der Waals surface area contributed by atoms with Crippen molar-refractivity contribution in [3.8, 4) is 23.3 Å². The van der Waals surface area contributed by atoms with Crippen LogP contribution >= 0.6 is 0 Å². The van der Waals surface area contributed by atoms with E-state index in [1.54, 1.807) is 0 Å². The highest BCUT2D eigenvalue weighted by Crippen LogP contribution is 2.29. The molecule has 2 heteroatoms. The minimum Gasteiger partial charge on any atom is -0.490 e. The molecule has 0 radical (unpaired) electrons. The number of hydrogen-bond donors (Lipinski definition) is 0. The number of rotatable bonds is 8. The summed E-state index contributed by atoms with van der Waals surface area (Å²) in [5, 5.41) is 0. The van der Waals surface area contributed by atoms with E-state index in [1.165, 1.54) is 5.56 Å². The van der Waals surface area contributed by atoms with Gasteiger partial charge in [0.15, 0.2) is 11.5 Å². The molecule has 104 valence electrons. The van der Waals surface area contributed by atoms with Gasteiger partial charge in [0.25, 0.3) is 0 Å². The topological polar surface area (TPSA) is 18.5 Å². The van der Waals surface area contributed by atoms with E-state index >= 15 is 0 Å². The lowest BCUT2D eigenvalue weighted by Crippen LogP contribution is -2.02. The Balaban J connectivity index is 2.76. The molecule has 0 saturated heterocycles. The first-order chi connectivity index (χ1) is 9.31. The van der Waals surface area contributed by atoms with Crippen molar-refractivity contribution >= 4 is 0 Å². The molecule has 0 unspecified atom stereocenters. The molecule has 1 aromatic carbocycles. The van der Waals surface area contributed by atoms with Crippen LogP contribution in [0.2, 0.25) is 0 Å². The quantitative estimate of drug-likeness (QED) is 0.651. The normalized spacial score (nSPS) is 9.63. The molecular weight excluding hydrogens is 236 g/mol. The molecule has 0 aliphatic rings. The highest BCUT2D eigenvalue weighted by atomic mass is 16.5. The first-order valence-electron chi connectivity index (χ1n) is 7.09. The van der Waals surface area contributed by atoms with E-state index in [0.29, 0.717) is 0 Å². The third kappa shape index (κ3) is 5.70. The van der Waals surface area contributed by atoms with Gasteiger partial charge in [-0.3, -0.25) is 0 Å². The Kier molecular flexibility index (Phi) is 7.58. The Morgan fingerprint density at radius 1 is 1.00 bits per heavy atom. The molecule has 19 heavy (non-hydrogen) atoms.